The van der Waals surface area contributed by atoms with E-state index in [2.05, 4.69) is 87.5 Å². The molecule has 0 radical (unpaired) electrons. The zero-order valence-corrected chi connectivity index (χ0v) is 15.9. The molecule has 0 fully saturated rings. The molecule has 1 nitrogen and oxygen atoms in total. The summed E-state index contributed by atoms with van der Waals surface area (Å²) in [6.45, 7) is 6.60. The Kier molecular flexibility index (Phi) is 6.01. The van der Waals surface area contributed by atoms with E-state index in [1.165, 1.54) is 27.8 Å². The molecular formula is C25H27N. The number of aliphatic imine (C=N–C) groups is 1. The molecule has 26 heavy (non-hydrogen) atoms. The smallest absolute Gasteiger partial charge is 0.0723 e. The van der Waals surface area contributed by atoms with Gasteiger partial charge in [0.05, 0.1) is 6.04 Å². The third-order valence-electron chi connectivity index (χ3n) is 4.89. The first-order chi connectivity index (χ1) is 12.7. The Morgan fingerprint density at radius 2 is 1.58 bits per heavy atom. The highest BCUT2D eigenvalue weighted by atomic mass is 14.8. The minimum absolute atomic E-state index is 0.163. The van der Waals surface area contributed by atoms with Crippen molar-refractivity contribution in [1.29, 1.82) is 0 Å². The molecule has 3 aromatic rings. The van der Waals surface area contributed by atoms with Gasteiger partial charge in [0, 0.05) is 6.21 Å². The van der Waals surface area contributed by atoms with Gasteiger partial charge >= 0.3 is 0 Å². The van der Waals surface area contributed by atoms with Gasteiger partial charge in [0.1, 0.15) is 0 Å². The predicted octanol–water partition coefficient (Wildman–Crippen LogP) is 6.66. The SMILES string of the molecule is CCc1ccc(C(C)/N=C/c2cccc(-c3ccccc3)c2)c(CC)c1. The molecule has 0 heterocycles. The van der Waals surface area contributed by atoms with Gasteiger partial charge in [0.15, 0.2) is 0 Å². The summed E-state index contributed by atoms with van der Waals surface area (Å²) >= 11 is 0. The Hall–Kier alpha value is -2.67. The van der Waals surface area contributed by atoms with E-state index in [1.54, 1.807) is 0 Å². The van der Waals surface area contributed by atoms with Gasteiger partial charge in [-0.1, -0.05) is 80.6 Å². The molecule has 3 rings (SSSR count). The van der Waals surface area contributed by atoms with Gasteiger partial charge in [0.2, 0.25) is 0 Å². The first-order valence-corrected chi connectivity index (χ1v) is 9.51. The van der Waals surface area contributed by atoms with Crippen molar-refractivity contribution in [2.75, 3.05) is 0 Å². The first-order valence-electron chi connectivity index (χ1n) is 9.51. The zero-order valence-electron chi connectivity index (χ0n) is 15.9. The Balaban J connectivity index is 1.82. The third kappa shape index (κ3) is 4.29. The third-order valence-corrected chi connectivity index (χ3v) is 4.89. The van der Waals surface area contributed by atoms with E-state index < -0.39 is 0 Å². The van der Waals surface area contributed by atoms with Crippen LogP contribution in [0.3, 0.4) is 0 Å². The Morgan fingerprint density at radius 3 is 2.31 bits per heavy atom. The summed E-state index contributed by atoms with van der Waals surface area (Å²) in [6, 6.07) is 26.0. The number of benzene rings is 3. The van der Waals surface area contributed by atoms with Crippen molar-refractivity contribution in [3.8, 4) is 11.1 Å². The number of nitrogens with zero attached hydrogens (tertiary/aromatic N) is 1. The zero-order chi connectivity index (χ0) is 18.4. The van der Waals surface area contributed by atoms with E-state index in [1.807, 2.05) is 12.3 Å². The number of rotatable bonds is 6. The maximum absolute atomic E-state index is 4.84. The summed E-state index contributed by atoms with van der Waals surface area (Å²) in [4.78, 5) is 4.84. The summed E-state index contributed by atoms with van der Waals surface area (Å²) in [5.41, 5.74) is 7.74. The Labute approximate surface area is 157 Å². The number of hydrogen-bond acceptors (Lipinski definition) is 1. The quantitative estimate of drug-likeness (QED) is 0.445. The highest BCUT2D eigenvalue weighted by Gasteiger charge is 2.08. The lowest BCUT2D eigenvalue weighted by Crippen LogP contribution is -1.99. The fraction of sp³-hybridized carbons (Fsp3) is 0.240. The Morgan fingerprint density at radius 1 is 0.808 bits per heavy atom. The molecule has 3 aromatic carbocycles. The van der Waals surface area contributed by atoms with Crippen LogP contribution in [0.1, 0.15) is 49.1 Å². The van der Waals surface area contributed by atoms with Crippen LogP contribution in [0, 0.1) is 0 Å². The topological polar surface area (TPSA) is 12.4 Å². The molecule has 0 aromatic heterocycles. The summed E-state index contributed by atoms with van der Waals surface area (Å²) < 4.78 is 0. The summed E-state index contributed by atoms with van der Waals surface area (Å²) in [7, 11) is 0. The van der Waals surface area contributed by atoms with Crippen LogP contribution < -0.4 is 0 Å². The average Bonchev–Trinajstić information content (AvgIpc) is 2.72. The van der Waals surface area contributed by atoms with E-state index in [9.17, 15) is 0 Å². The Bertz CT molecular complexity index is 878. The second-order valence-electron chi connectivity index (χ2n) is 6.69. The molecule has 1 heteroatoms. The van der Waals surface area contributed by atoms with Crippen molar-refractivity contribution in [3.63, 3.8) is 0 Å². The number of hydrogen-bond donors (Lipinski definition) is 0. The molecule has 0 N–H and O–H groups in total. The maximum atomic E-state index is 4.84. The van der Waals surface area contributed by atoms with Crippen molar-refractivity contribution in [3.05, 3.63) is 95.1 Å². The molecule has 0 amide bonds. The first kappa shape index (κ1) is 18.1. The molecule has 0 aliphatic carbocycles. The van der Waals surface area contributed by atoms with E-state index in [0.29, 0.717) is 0 Å². The second kappa shape index (κ2) is 8.62. The van der Waals surface area contributed by atoms with E-state index in [4.69, 9.17) is 4.99 Å². The van der Waals surface area contributed by atoms with Crippen molar-refractivity contribution >= 4 is 6.21 Å². The van der Waals surface area contributed by atoms with Gasteiger partial charge in [-0.25, -0.2) is 0 Å². The normalized spacial score (nSPS) is 12.4. The van der Waals surface area contributed by atoms with Crippen LogP contribution in [-0.2, 0) is 12.8 Å². The minimum atomic E-state index is 0.163. The van der Waals surface area contributed by atoms with Crippen LogP contribution in [0.2, 0.25) is 0 Å². The van der Waals surface area contributed by atoms with Crippen LogP contribution in [-0.4, -0.2) is 6.21 Å². The highest BCUT2D eigenvalue weighted by Crippen LogP contribution is 2.24. The second-order valence-corrected chi connectivity index (χ2v) is 6.69. The fourth-order valence-corrected chi connectivity index (χ4v) is 3.30. The molecule has 0 bridgehead atoms. The van der Waals surface area contributed by atoms with Gasteiger partial charge in [-0.05, 0) is 59.2 Å². The van der Waals surface area contributed by atoms with Crippen LogP contribution in [0.25, 0.3) is 11.1 Å². The lowest BCUT2D eigenvalue weighted by atomic mass is 9.96. The van der Waals surface area contributed by atoms with Crippen molar-refractivity contribution in [1.82, 2.24) is 0 Å². The molecule has 0 spiro atoms. The van der Waals surface area contributed by atoms with Gasteiger partial charge in [0.25, 0.3) is 0 Å². The van der Waals surface area contributed by atoms with Crippen molar-refractivity contribution in [2.24, 2.45) is 4.99 Å². The lowest BCUT2D eigenvalue weighted by Gasteiger charge is -2.13. The highest BCUT2D eigenvalue weighted by molar-refractivity contribution is 5.82. The fourth-order valence-electron chi connectivity index (χ4n) is 3.30. The average molecular weight is 341 g/mol. The van der Waals surface area contributed by atoms with Crippen LogP contribution in [0.4, 0.5) is 0 Å². The van der Waals surface area contributed by atoms with Gasteiger partial charge in [-0.2, -0.15) is 0 Å². The van der Waals surface area contributed by atoms with Gasteiger partial charge in [-0.15, -0.1) is 0 Å². The molecule has 0 saturated heterocycles. The molecule has 132 valence electrons. The molecular weight excluding hydrogens is 314 g/mol. The lowest BCUT2D eigenvalue weighted by molar-refractivity contribution is 0.805. The monoisotopic (exact) mass is 341 g/mol. The van der Waals surface area contributed by atoms with Crippen LogP contribution >= 0.6 is 0 Å². The van der Waals surface area contributed by atoms with E-state index in [0.717, 1.165) is 18.4 Å². The van der Waals surface area contributed by atoms with Crippen LogP contribution in [0.15, 0.2) is 77.8 Å². The maximum Gasteiger partial charge on any atom is 0.0723 e. The minimum Gasteiger partial charge on any atom is -0.285 e. The summed E-state index contributed by atoms with van der Waals surface area (Å²) in [6.07, 6.45) is 4.13. The van der Waals surface area contributed by atoms with E-state index >= 15 is 0 Å². The number of aryl methyl sites for hydroxylation is 2. The standard InChI is InChI=1S/C25H27N/c1-4-20-14-15-25(22(5-2)16-20)19(3)26-18-21-10-9-13-24(17-21)23-11-7-6-8-12-23/h6-19H,4-5H2,1-3H3/b26-18+. The molecule has 0 saturated carbocycles. The summed E-state index contributed by atoms with van der Waals surface area (Å²) in [5.74, 6) is 0. The molecule has 1 atom stereocenters. The van der Waals surface area contributed by atoms with Crippen LogP contribution in [0.5, 0.6) is 0 Å². The predicted molar refractivity (Wildman–Crippen MR) is 113 cm³/mol. The molecule has 1 unspecified atom stereocenters. The largest absolute Gasteiger partial charge is 0.285 e. The van der Waals surface area contributed by atoms with Gasteiger partial charge < -0.3 is 0 Å². The molecule has 0 aliphatic rings. The van der Waals surface area contributed by atoms with Crippen molar-refractivity contribution < 1.29 is 0 Å². The summed E-state index contributed by atoms with van der Waals surface area (Å²) in [5, 5.41) is 0. The van der Waals surface area contributed by atoms with E-state index in [-0.39, 0.29) is 6.04 Å². The van der Waals surface area contributed by atoms with Gasteiger partial charge in [-0.3, -0.25) is 4.99 Å². The molecule has 0 aliphatic heterocycles. The van der Waals surface area contributed by atoms with Crippen molar-refractivity contribution in [2.45, 2.75) is 39.7 Å².